The van der Waals surface area contributed by atoms with E-state index in [1.165, 1.54) is 12.1 Å². The van der Waals surface area contributed by atoms with Gasteiger partial charge in [0.25, 0.3) is 5.69 Å². The van der Waals surface area contributed by atoms with Crippen LogP contribution in [0.2, 0.25) is 5.15 Å². The number of nitrogens with zero attached hydrogens (tertiary/aromatic N) is 2. The van der Waals surface area contributed by atoms with Crippen LogP contribution in [0.3, 0.4) is 0 Å². The van der Waals surface area contributed by atoms with E-state index in [0.717, 1.165) is 0 Å². The van der Waals surface area contributed by atoms with E-state index in [1.54, 1.807) is 18.3 Å². The van der Waals surface area contributed by atoms with E-state index in [0.29, 0.717) is 11.4 Å². The molecule has 1 N–H and O–H groups in total. The van der Waals surface area contributed by atoms with Crippen molar-refractivity contribution in [3.05, 3.63) is 45.7 Å². The van der Waals surface area contributed by atoms with Gasteiger partial charge in [-0.2, -0.15) is 0 Å². The molecule has 0 aromatic carbocycles. The molecule has 0 fully saturated rings. The van der Waals surface area contributed by atoms with Gasteiger partial charge in [0.15, 0.2) is 0 Å². The maximum Gasteiger partial charge on any atom is 0.274 e. The van der Waals surface area contributed by atoms with Gasteiger partial charge in [-0.15, -0.1) is 0 Å². The van der Waals surface area contributed by atoms with Crippen LogP contribution in [0.4, 0.5) is 5.69 Å². The molecule has 0 aliphatic heterocycles. The monoisotopic (exact) mass is 223 g/mol. The molecule has 0 bridgehead atoms. The minimum absolute atomic E-state index is 0.0698. The van der Waals surface area contributed by atoms with Crippen LogP contribution in [-0.4, -0.2) is 14.9 Å². The van der Waals surface area contributed by atoms with Gasteiger partial charge in [0, 0.05) is 12.3 Å². The zero-order valence-corrected chi connectivity index (χ0v) is 8.23. The van der Waals surface area contributed by atoms with Gasteiger partial charge < -0.3 is 4.98 Å². The molecule has 0 unspecified atom stereocenters. The van der Waals surface area contributed by atoms with Crippen molar-refractivity contribution < 1.29 is 4.92 Å². The second-order valence-corrected chi connectivity index (χ2v) is 3.26. The number of hydrogen-bond acceptors (Lipinski definition) is 3. The third kappa shape index (κ3) is 1.97. The zero-order chi connectivity index (χ0) is 10.8. The highest BCUT2D eigenvalue weighted by atomic mass is 35.5. The number of nitrogens with one attached hydrogen (secondary N) is 1. The summed E-state index contributed by atoms with van der Waals surface area (Å²) in [6.45, 7) is 0. The van der Waals surface area contributed by atoms with Gasteiger partial charge in [0.05, 0.1) is 22.4 Å². The number of aromatic amines is 1. The summed E-state index contributed by atoms with van der Waals surface area (Å²) in [5.41, 5.74) is 1.08. The standard InChI is InChI=1S/C9H6ClN3O2/c10-9-5-6(13(14)15)4-8(12-9)7-2-1-3-11-7/h1-5,11H. The number of rotatable bonds is 2. The summed E-state index contributed by atoms with van der Waals surface area (Å²) in [6.07, 6.45) is 1.71. The highest BCUT2D eigenvalue weighted by Gasteiger charge is 2.11. The highest BCUT2D eigenvalue weighted by Crippen LogP contribution is 2.23. The average Bonchev–Trinajstić information content (AvgIpc) is 2.69. The first-order valence-electron chi connectivity index (χ1n) is 4.12. The fourth-order valence-electron chi connectivity index (χ4n) is 1.22. The van der Waals surface area contributed by atoms with Crippen LogP contribution in [0.15, 0.2) is 30.5 Å². The number of nitro groups is 1. The van der Waals surface area contributed by atoms with Crippen LogP contribution in [0.1, 0.15) is 0 Å². The van der Waals surface area contributed by atoms with Crippen LogP contribution in [0.5, 0.6) is 0 Å². The summed E-state index contributed by atoms with van der Waals surface area (Å²) in [7, 11) is 0. The van der Waals surface area contributed by atoms with E-state index in [9.17, 15) is 10.1 Å². The van der Waals surface area contributed by atoms with Crippen molar-refractivity contribution in [1.29, 1.82) is 0 Å². The molecular weight excluding hydrogens is 218 g/mol. The Morgan fingerprint density at radius 2 is 2.27 bits per heavy atom. The first kappa shape index (κ1) is 9.67. The summed E-state index contributed by atoms with van der Waals surface area (Å²) >= 11 is 5.68. The largest absolute Gasteiger partial charge is 0.360 e. The van der Waals surface area contributed by atoms with E-state index in [4.69, 9.17) is 11.6 Å². The molecule has 2 aromatic heterocycles. The molecule has 15 heavy (non-hydrogen) atoms. The molecule has 0 atom stereocenters. The Morgan fingerprint density at radius 1 is 1.47 bits per heavy atom. The minimum Gasteiger partial charge on any atom is -0.360 e. The Balaban J connectivity index is 2.54. The summed E-state index contributed by atoms with van der Waals surface area (Å²) in [6, 6.07) is 6.14. The molecular formula is C9H6ClN3O2. The average molecular weight is 224 g/mol. The van der Waals surface area contributed by atoms with Gasteiger partial charge in [-0.05, 0) is 12.1 Å². The smallest absolute Gasteiger partial charge is 0.274 e. The molecule has 0 saturated heterocycles. The molecule has 2 heterocycles. The first-order chi connectivity index (χ1) is 7.16. The molecule has 76 valence electrons. The Labute approximate surface area is 89.9 Å². The lowest BCUT2D eigenvalue weighted by Gasteiger charge is -1.98. The van der Waals surface area contributed by atoms with Crippen molar-refractivity contribution in [3.8, 4) is 11.4 Å². The molecule has 0 aliphatic rings. The van der Waals surface area contributed by atoms with Gasteiger partial charge in [-0.1, -0.05) is 11.6 Å². The topological polar surface area (TPSA) is 71.8 Å². The van der Waals surface area contributed by atoms with E-state index in [2.05, 4.69) is 9.97 Å². The van der Waals surface area contributed by atoms with E-state index < -0.39 is 4.92 Å². The molecule has 0 spiro atoms. The SMILES string of the molecule is O=[N+]([O-])c1cc(Cl)nc(-c2ccc[nH]2)c1. The van der Waals surface area contributed by atoms with Gasteiger partial charge in [-0.3, -0.25) is 10.1 Å². The molecule has 0 amide bonds. The molecule has 2 aromatic rings. The Morgan fingerprint density at radius 3 is 2.87 bits per heavy atom. The van der Waals surface area contributed by atoms with Crippen LogP contribution in [0.25, 0.3) is 11.4 Å². The number of hydrogen-bond donors (Lipinski definition) is 1. The lowest BCUT2D eigenvalue weighted by molar-refractivity contribution is -0.384. The summed E-state index contributed by atoms with van der Waals surface area (Å²) in [4.78, 5) is 17.0. The Hall–Kier alpha value is -1.88. The number of H-pyrrole nitrogens is 1. The number of aromatic nitrogens is 2. The molecule has 2 rings (SSSR count). The fourth-order valence-corrected chi connectivity index (χ4v) is 1.42. The second-order valence-electron chi connectivity index (χ2n) is 2.87. The van der Waals surface area contributed by atoms with Crippen LogP contribution in [-0.2, 0) is 0 Å². The number of pyridine rings is 1. The van der Waals surface area contributed by atoms with E-state index in [1.807, 2.05) is 0 Å². The predicted octanol–water partition coefficient (Wildman–Crippen LogP) is 2.64. The first-order valence-corrected chi connectivity index (χ1v) is 4.50. The maximum absolute atomic E-state index is 10.6. The van der Waals surface area contributed by atoms with Crippen molar-refractivity contribution in [2.24, 2.45) is 0 Å². The van der Waals surface area contributed by atoms with Crippen molar-refractivity contribution in [1.82, 2.24) is 9.97 Å². The normalized spacial score (nSPS) is 10.2. The van der Waals surface area contributed by atoms with Crippen LogP contribution >= 0.6 is 11.6 Å². The van der Waals surface area contributed by atoms with E-state index >= 15 is 0 Å². The van der Waals surface area contributed by atoms with Crippen molar-refractivity contribution >= 4 is 17.3 Å². The Bertz CT molecular complexity index is 496. The third-order valence-corrected chi connectivity index (χ3v) is 2.06. The van der Waals surface area contributed by atoms with Gasteiger partial charge in [0.2, 0.25) is 0 Å². The second kappa shape index (κ2) is 3.70. The number of halogens is 1. The lowest BCUT2D eigenvalue weighted by atomic mass is 10.2. The highest BCUT2D eigenvalue weighted by molar-refractivity contribution is 6.29. The molecule has 6 heteroatoms. The Kier molecular flexibility index (Phi) is 2.39. The van der Waals surface area contributed by atoms with Crippen molar-refractivity contribution in [2.45, 2.75) is 0 Å². The fraction of sp³-hybridized carbons (Fsp3) is 0. The molecule has 0 radical (unpaired) electrons. The van der Waals surface area contributed by atoms with Crippen molar-refractivity contribution in [2.75, 3.05) is 0 Å². The zero-order valence-electron chi connectivity index (χ0n) is 7.48. The minimum atomic E-state index is -0.500. The molecule has 0 saturated carbocycles. The quantitative estimate of drug-likeness (QED) is 0.483. The summed E-state index contributed by atoms with van der Waals surface area (Å²) < 4.78 is 0. The van der Waals surface area contributed by atoms with Crippen molar-refractivity contribution in [3.63, 3.8) is 0 Å². The van der Waals surface area contributed by atoms with Crippen LogP contribution in [0, 0.1) is 10.1 Å². The van der Waals surface area contributed by atoms with Crippen LogP contribution < -0.4 is 0 Å². The summed E-state index contributed by atoms with van der Waals surface area (Å²) in [5, 5.41) is 10.7. The molecule has 0 aliphatic carbocycles. The van der Waals surface area contributed by atoms with Gasteiger partial charge in [0.1, 0.15) is 5.15 Å². The van der Waals surface area contributed by atoms with Gasteiger partial charge in [-0.25, -0.2) is 4.98 Å². The maximum atomic E-state index is 10.6. The van der Waals surface area contributed by atoms with Gasteiger partial charge >= 0.3 is 0 Å². The predicted molar refractivity (Wildman–Crippen MR) is 55.7 cm³/mol. The summed E-state index contributed by atoms with van der Waals surface area (Å²) in [5.74, 6) is 0. The molecule has 5 nitrogen and oxygen atoms in total. The third-order valence-electron chi connectivity index (χ3n) is 1.86. The van der Waals surface area contributed by atoms with E-state index in [-0.39, 0.29) is 10.8 Å². The lowest BCUT2D eigenvalue weighted by Crippen LogP contribution is -1.91.